The number of nitrogens with zero attached hydrogens (tertiary/aromatic N) is 1. The van der Waals surface area contributed by atoms with E-state index >= 15 is 0 Å². The van der Waals surface area contributed by atoms with E-state index in [9.17, 15) is 4.79 Å². The van der Waals surface area contributed by atoms with Gasteiger partial charge < -0.3 is 5.32 Å². The highest BCUT2D eigenvalue weighted by Gasteiger charge is 2.43. The Labute approximate surface area is 139 Å². The molecule has 2 aromatic heterocycles. The maximum atomic E-state index is 13.2. The summed E-state index contributed by atoms with van der Waals surface area (Å²) in [4.78, 5) is 18.7. The van der Waals surface area contributed by atoms with Crippen LogP contribution >= 0.6 is 11.3 Å². The van der Waals surface area contributed by atoms with E-state index in [1.807, 2.05) is 36.4 Å². The number of pyridine rings is 1. The van der Waals surface area contributed by atoms with Gasteiger partial charge in [-0.25, -0.2) is 0 Å². The van der Waals surface area contributed by atoms with Gasteiger partial charge in [-0.05, 0) is 48.6 Å². The predicted octanol–water partition coefficient (Wildman–Crippen LogP) is 4.75. The molecule has 0 bridgehead atoms. The van der Waals surface area contributed by atoms with Crippen LogP contribution in [0.25, 0.3) is 10.9 Å². The molecule has 0 atom stereocenters. The molecular weight excluding hydrogens is 304 g/mol. The largest absolute Gasteiger partial charge is 0.325 e. The molecule has 1 fully saturated rings. The van der Waals surface area contributed by atoms with Gasteiger partial charge in [0.05, 0.1) is 16.6 Å². The summed E-state index contributed by atoms with van der Waals surface area (Å²) >= 11 is 1.69. The van der Waals surface area contributed by atoms with Crippen molar-refractivity contribution in [3.05, 3.63) is 58.9 Å². The van der Waals surface area contributed by atoms with Crippen molar-refractivity contribution >= 4 is 33.8 Å². The predicted molar refractivity (Wildman–Crippen MR) is 94.8 cm³/mol. The third-order valence-corrected chi connectivity index (χ3v) is 5.85. The number of aromatic nitrogens is 1. The van der Waals surface area contributed by atoms with Crippen LogP contribution in [0.4, 0.5) is 5.69 Å². The monoisotopic (exact) mass is 322 g/mol. The topological polar surface area (TPSA) is 42.0 Å². The molecule has 1 aliphatic rings. The van der Waals surface area contributed by atoms with E-state index in [1.165, 1.54) is 4.88 Å². The van der Waals surface area contributed by atoms with E-state index in [0.29, 0.717) is 0 Å². The summed E-state index contributed by atoms with van der Waals surface area (Å²) in [6, 6.07) is 13.9. The van der Waals surface area contributed by atoms with Crippen LogP contribution in [0.5, 0.6) is 0 Å². The Kier molecular flexibility index (Phi) is 3.62. The van der Waals surface area contributed by atoms with Crippen molar-refractivity contribution in [1.29, 1.82) is 0 Å². The van der Waals surface area contributed by atoms with Gasteiger partial charge in [-0.2, -0.15) is 0 Å². The second-order valence-corrected chi connectivity index (χ2v) is 7.04. The van der Waals surface area contributed by atoms with Gasteiger partial charge in [0.15, 0.2) is 0 Å². The van der Waals surface area contributed by atoms with Crippen molar-refractivity contribution in [2.45, 2.75) is 31.1 Å². The van der Waals surface area contributed by atoms with Crippen molar-refractivity contribution in [3.63, 3.8) is 0 Å². The molecule has 4 heteroatoms. The van der Waals surface area contributed by atoms with Crippen LogP contribution in [-0.2, 0) is 10.2 Å². The molecule has 2 heterocycles. The molecule has 0 spiro atoms. The van der Waals surface area contributed by atoms with Gasteiger partial charge in [-0.3, -0.25) is 9.78 Å². The quantitative estimate of drug-likeness (QED) is 0.756. The molecule has 3 aromatic rings. The maximum absolute atomic E-state index is 13.2. The van der Waals surface area contributed by atoms with E-state index in [2.05, 4.69) is 21.7 Å². The van der Waals surface area contributed by atoms with Crippen LogP contribution in [0.2, 0.25) is 0 Å². The van der Waals surface area contributed by atoms with Crippen LogP contribution in [-0.4, -0.2) is 10.9 Å². The summed E-state index contributed by atoms with van der Waals surface area (Å²) < 4.78 is 0. The average molecular weight is 322 g/mol. The van der Waals surface area contributed by atoms with Gasteiger partial charge in [0, 0.05) is 16.5 Å². The molecule has 23 heavy (non-hydrogen) atoms. The second kappa shape index (κ2) is 5.78. The van der Waals surface area contributed by atoms with Gasteiger partial charge in [0.25, 0.3) is 0 Å². The number of carbonyl (C=O) groups excluding carboxylic acids is 1. The van der Waals surface area contributed by atoms with E-state index in [-0.39, 0.29) is 11.3 Å². The number of hydrogen-bond donors (Lipinski definition) is 1. The van der Waals surface area contributed by atoms with Crippen molar-refractivity contribution in [3.8, 4) is 0 Å². The molecule has 0 radical (unpaired) electrons. The van der Waals surface area contributed by atoms with E-state index < -0.39 is 0 Å². The third kappa shape index (κ3) is 2.43. The number of amides is 1. The number of nitrogens with one attached hydrogen (secondary N) is 1. The standard InChI is InChI=1S/C19H18N2OS/c22-18(19(10-1-2-11-19)17-9-5-13-23-17)21-16-8-3-7-15-14(16)6-4-12-20-15/h3-9,12-13H,1-2,10-11H2,(H,21,22). The molecule has 1 amide bonds. The number of benzene rings is 1. The first-order chi connectivity index (χ1) is 11.3. The lowest BCUT2D eigenvalue weighted by Crippen LogP contribution is -2.37. The zero-order valence-corrected chi connectivity index (χ0v) is 13.6. The molecular formula is C19H18N2OS. The fourth-order valence-corrected chi connectivity index (χ4v) is 4.55. The highest BCUT2D eigenvalue weighted by atomic mass is 32.1. The van der Waals surface area contributed by atoms with Crippen molar-refractivity contribution in [2.24, 2.45) is 0 Å². The van der Waals surface area contributed by atoms with Gasteiger partial charge in [0.1, 0.15) is 0 Å². The van der Waals surface area contributed by atoms with Crippen molar-refractivity contribution in [2.75, 3.05) is 5.32 Å². The molecule has 4 rings (SSSR count). The van der Waals surface area contributed by atoms with E-state index in [0.717, 1.165) is 42.3 Å². The Morgan fingerprint density at radius 3 is 2.74 bits per heavy atom. The zero-order chi connectivity index (χ0) is 15.7. The lowest BCUT2D eigenvalue weighted by Gasteiger charge is -2.26. The SMILES string of the molecule is O=C(Nc1cccc2ncccc12)C1(c2cccs2)CCCC1. The Bertz CT molecular complexity index is 830. The maximum Gasteiger partial charge on any atom is 0.235 e. The van der Waals surface area contributed by atoms with Crippen LogP contribution in [0.3, 0.4) is 0 Å². The summed E-state index contributed by atoms with van der Waals surface area (Å²) in [6.45, 7) is 0. The van der Waals surface area contributed by atoms with Crippen LogP contribution in [0, 0.1) is 0 Å². The normalized spacial score (nSPS) is 16.5. The minimum Gasteiger partial charge on any atom is -0.325 e. The van der Waals surface area contributed by atoms with Crippen LogP contribution in [0.15, 0.2) is 54.0 Å². The number of rotatable bonds is 3. The summed E-state index contributed by atoms with van der Waals surface area (Å²) in [5, 5.41) is 6.23. The lowest BCUT2D eigenvalue weighted by atomic mass is 9.83. The zero-order valence-electron chi connectivity index (χ0n) is 12.8. The highest BCUT2D eigenvalue weighted by Crippen LogP contribution is 2.44. The molecule has 1 N–H and O–H groups in total. The minimum absolute atomic E-state index is 0.119. The van der Waals surface area contributed by atoms with E-state index in [1.54, 1.807) is 17.5 Å². The van der Waals surface area contributed by atoms with Crippen LogP contribution < -0.4 is 5.32 Å². The van der Waals surface area contributed by atoms with Gasteiger partial charge in [0.2, 0.25) is 5.91 Å². The fourth-order valence-electron chi connectivity index (χ4n) is 3.57. The summed E-state index contributed by atoms with van der Waals surface area (Å²) in [6.07, 6.45) is 5.87. The van der Waals surface area contributed by atoms with Crippen molar-refractivity contribution < 1.29 is 4.79 Å². The Balaban J connectivity index is 1.71. The van der Waals surface area contributed by atoms with E-state index in [4.69, 9.17) is 0 Å². The smallest absolute Gasteiger partial charge is 0.235 e. The van der Waals surface area contributed by atoms with Gasteiger partial charge in [-0.15, -0.1) is 11.3 Å². The first-order valence-electron chi connectivity index (χ1n) is 7.99. The lowest BCUT2D eigenvalue weighted by molar-refractivity contribution is -0.121. The highest BCUT2D eigenvalue weighted by molar-refractivity contribution is 7.10. The molecule has 1 aliphatic carbocycles. The minimum atomic E-state index is -0.363. The number of carbonyl (C=O) groups is 1. The van der Waals surface area contributed by atoms with Crippen molar-refractivity contribution in [1.82, 2.24) is 4.98 Å². The Morgan fingerprint density at radius 2 is 1.96 bits per heavy atom. The molecule has 116 valence electrons. The molecule has 1 aromatic carbocycles. The first-order valence-corrected chi connectivity index (χ1v) is 8.87. The molecule has 0 saturated heterocycles. The molecule has 0 unspecified atom stereocenters. The Morgan fingerprint density at radius 1 is 1.09 bits per heavy atom. The van der Waals surface area contributed by atoms with Gasteiger partial charge in [-0.1, -0.05) is 25.0 Å². The summed E-state index contributed by atoms with van der Waals surface area (Å²) in [7, 11) is 0. The number of thiophene rings is 1. The summed E-state index contributed by atoms with van der Waals surface area (Å²) in [5.41, 5.74) is 1.39. The number of hydrogen-bond acceptors (Lipinski definition) is 3. The second-order valence-electron chi connectivity index (χ2n) is 6.10. The van der Waals surface area contributed by atoms with Crippen LogP contribution in [0.1, 0.15) is 30.6 Å². The Hall–Kier alpha value is -2.20. The van der Waals surface area contributed by atoms with Gasteiger partial charge >= 0.3 is 0 Å². The first kappa shape index (κ1) is 14.4. The average Bonchev–Trinajstić information content (AvgIpc) is 3.27. The number of fused-ring (bicyclic) bond motifs is 1. The fraction of sp³-hybridized carbons (Fsp3) is 0.263. The summed E-state index contributed by atoms with van der Waals surface area (Å²) in [5.74, 6) is 0.119. The molecule has 1 saturated carbocycles. The number of anilines is 1. The third-order valence-electron chi connectivity index (χ3n) is 4.78. The molecule has 3 nitrogen and oxygen atoms in total. The molecule has 0 aliphatic heterocycles.